The van der Waals surface area contributed by atoms with Crippen LogP contribution < -0.4 is 15.3 Å². The molecule has 21 heavy (non-hydrogen) atoms. The van der Waals surface area contributed by atoms with Crippen molar-refractivity contribution < 1.29 is 14.3 Å². The highest BCUT2D eigenvalue weighted by Crippen LogP contribution is 2.34. The molecule has 0 radical (unpaired) electrons. The van der Waals surface area contributed by atoms with Gasteiger partial charge < -0.3 is 19.2 Å². The summed E-state index contributed by atoms with van der Waals surface area (Å²) in [5.41, 5.74) is 0.463. The summed E-state index contributed by atoms with van der Waals surface area (Å²) in [7, 11) is 1.78. The zero-order valence-corrected chi connectivity index (χ0v) is 13.0. The first-order valence-electron chi connectivity index (χ1n) is 6.69. The molecule has 0 amide bonds. The van der Waals surface area contributed by atoms with Gasteiger partial charge in [0.05, 0.1) is 18.4 Å². The van der Waals surface area contributed by atoms with Crippen molar-refractivity contribution in [3.8, 4) is 5.75 Å². The summed E-state index contributed by atoms with van der Waals surface area (Å²) in [6, 6.07) is 5.02. The second-order valence-electron chi connectivity index (χ2n) is 5.02. The summed E-state index contributed by atoms with van der Waals surface area (Å²) in [4.78, 5) is 13.9. The van der Waals surface area contributed by atoms with Crippen molar-refractivity contribution in [2.24, 2.45) is 0 Å². The zero-order chi connectivity index (χ0) is 15.6. The van der Waals surface area contributed by atoms with Crippen LogP contribution in [-0.2, 0) is 0 Å². The maximum atomic E-state index is 12.2. The smallest absolute Gasteiger partial charge is 0.381 e. The third-order valence-electron chi connectivity index (χ3n) is 2.97. The standard InChI is InChI=1S/C15H18ClNO4/c1-9(2)20-14-13(17(3)6-7-18)11-8-10(16)4-5-12(11)21-15(14)19/h4-5,8-9,18H,6-7H2,1-3H3. The van der Waals surface area contributed by atoms with Gasteiger partial charge in [-0.1, -0.05) is 11.6 Å². The molecule has 0 fully saturated rings. The molecule has 0 aliphatic carbocycles. The largest absolute Gasteiger partial charge is 0.482 e. The maximum Gasteiger partial charge on any atom is 0.381 e. The van der Waals surface area contributed by atoms with Crippen LogP contribution in [0, 0.1) is 0 Å². The van der Waals surface area contributed by atoms with Crippen molar-refractivity contribution in [2.45, 2.75) is 20.0 Å². The molecule has 114 valence electrons. The van der Waals surface area contributed by atoms with Gasteiger partial charge in [0.1, 0.15) is 5.58 Å². The number of hydrogen-bond donors (Lipinski definition) is 1. The van der Waals surface area contributed by atoms with E-state index >= 15 is 0 Å². The van der Waals surface area contributed by atoms with Gasteiger partial charge in [0.2, 0.25) is 5.75 Å². The van der Waals surface area contributed by atoms with E-state index < -0.39 is 5.63 Å². The van der Waals surface area contributed by atoms with Gasteiger partial charge in [-0.3, -0.25) is 0 Å². The van der Waals surface area contributed by atoms with Crippen LogP contribution in [0.5, 0.6) is 5.75 Å². The highest BCUT2D eigenvalue weighted by atomic mass is 35.5. The van der Waals surface area contributed by atoms with Gasteiger partial charge in [-0.15, -0.1) is 0 Å². The van der Waals surface area contributed by atoms with Gasteiger partial charge in [0.15, 0.2) is 0 Å². The topological polar surface area (TPSA) is 62.9 Å². The summed E-state index contributed by atoms with van der Waals surface area (Å²) in [5, 5.41) is 10.4. The molecule has 0 unspecified atom stereocenters. The summed E-state index contributed by atoms with van der Waals surface area (Å²) >= 11 is 6.04. The minimum atomic E-state index is -0.543. The van der Waals surface area contributed by atoms with Crippen molar-refractivity contribution in [1.29, 1.82) is 0 Å². The Morgan fingerprint density at radius 3 is 2.76 bits per heavy atom. The van der Waals surface area contributed by atoms with Crippen LogP contribution in [0.2, 0.25) is 5.02 Å². The van der Waals surface area contributed by atoms with E-state index in [0.717, 1.165) is 0 Å². The first-order chi connectivity index (χ1) is 9.93. The Labute approximate surface area is 127 Å². The molecule has 0 spiro atoms. The number of anilines is 1. The second-order valence-corrected chi connectivity index (χ2v) is 5.46. The van der Waals surface area contributed by atoms with Crippen LogP contribution in [0.15, 0.2) is 27.4 Å². The first kappa shape index (κ1) is 15.7. The molecule has 2 rings (SSSR count). The molecule has 6 heteroatoms. The van der Waals surface area contributed by atoms with E-state index in [-0.39, 0.29) is 18.5 Å². The Morgan fingerprint density at radius 2 is 2.14 bits per heavy atom. The van der Waals surface area contributed by atoms with Gasteiger partial charge in [0, 0.05) is 24.0 Å². The monoisotopic (exact) mass is 311 g/mol. The number of nitrogens with zero attached hydrogens (tertiary/aromatic N) is 1. The number of ether oxygens (including phenoxy) is 1. The van der Waals surface area contributed by atoms with Gasteiger partial charge in [-0.25, -0.2) is 4.79 Å². The van der Waals surface area contributed by atoms with Crippen molar-refractivity contribution in [3.05, 3.63) is 33.6 Å². The summed E-state index contributed by atoms with van der Waals surface area (Å²) < 4.78 is 10.9. The van der Waals surface area contributed by atoms with Crippen molar-refractivity contribution in [2.75, 3.05) is 25.1 Å². The molecule has 1 aromatic heterocycles. The fraction of sp³-hybridized carbons (Fsp3) is 0.400. The van der Waals surface area contributed by atoms with Crippen LogP contribution in [-0.4, -0.2) is 31.4 Å². The van der Waals surface area contributed by atoms with Gasteiger partial charge in [-0.05, 0) is 32.0 Å². The van der Waals surface area contributed by atoms with Crippen LogP contribution in [0.4, 0.5) is 5.69 Å². The molecular weight excluding hydrogens is 294 g/mol. The van der Waals surface area contributed by atoms with E-state index in [2.05, 4.69) is 0 Å². The molecule has 0 aliphatic heterocycles. The lowest BCUT2D eigenvalue weighted by molar-refractivity contribution is 0.232. The minimum absolute atomic E-state index is 0.0418. The molecule has 0 saturated heterocycles. The summed E-state index contributed by atoms with van der Waals surface area (Å²) in [6.45, 7) is 3.98. The molecular formula is C15H18ClNO4. The molecule has 0 aliphatic rings. The predicted octanol–water partition coefficient (Wildman–Crippen LogP) is 2.66. The average molecular weight is 312 g/mol. The lowest BCUT2D eigenvalue weighted by Crippen LogP contribution is -2.25. The molecule has 1 N–H and O–H groups in total. The third kappa shape index (κ3) is 3.31. The molecule has 0 atom stereocenters. The Balaban J connectivity index is 2.76. The Bertz CT molecular complexity index is 696. The number of aliphatic hydroxyl groups excluding tert-OH is 1. The predicted molar refractivity (Wildman–Crippen MR) is 83.6 cm³/mol. The van der Waals surface area contributed by atoms with Gasteiger partial charge in [0.25, 0.3) is 0 Å². The van der Waals surface area contributed by atoms with E-state index in [1.807, 2.05) is 13.8 Å². The fourth-order valence-corrected chi connectivity index (χ4v) is 2.29. The number of rotatable bonds is 5. The Kier molecular flexibility index (Phi) is 4.75. The number of benzene rings is 1. The number of halogens is 1. The number of fused-ring (bicyclic) bond motifs is 1. The van der Waals surface area contributed by atoms with Crippen LogP contribution >= 0.6 is 11.6 Å². The van der Waals surface area contributed by atoms with E-state index in [0.29, 0.717) is 28.2 Å². The first-order valence-corrected chi connectivity index (χ1v) is 7.07. The molecule has 0 bridgehead atoms. The quantitative estimate of drug-likeness (QED) is 0.860. The highest BCUT2D eigenvalue weighted by Gasteiger charge is 2.20. The van der Waals surface area contributed by atoms with E-state index in [4.69, 9.17) is 25.9 Å². The average Bonchev–Trinajstić information content (AvgIpc) is 2.40. The van der Waals surface area contributed by atoms with Crippen LogP contribution in [0.1, 0.15) is 13.8 Å². The fourth-order valence-electron chi connectivity index (χ4n) is 2.12. The van der Waals surface area contributed by atoms with E-state index in [1.165, 1.54) is 0 Å². The Morgan fingerprint density at radius 1 is 1.43 bits per heavy atom. The molecule has 1 heterocycles. The van der Waals surface area contributed by atoms with Crippen molar-refractivity contribution >= 4 is 28.3 Å². The van der Waals surface area contributed by atoms with Gasteiger partial charge in [-0.2, -0.15) is 0 Å². The SMILES string of the molecule is CC(C)Oc1c(N(C)CCO)c2cc(Cl)ccc2oc1=O. The minimum Gasteiger partial charge on any atom is -0.482 e. The lowest BCUT2D eigenvalue weighted by Gasteiger charge is -2.23. The number of likely N-dealkylation sites (N-methyl/N-ethyl adjacent to an activating group) is 1. The summed E-state index contributed by atoms with van der Waals surface area (Å²) in [6.07, 6.45) is -0.175. The lowest BCUT2D eigenvalue weighted by atomic mass is 10.1. The van der Waals surface area contributed by atoms with Crippen LogP contribution in [0.25, 0.3) is 11.0 Å². The van der Waals surface area contributed by atoms with E-state index in [9.17, 15) is 4.79 Å². The van der Waals surface area contributed by atoms with Crippen molar-refractivity contribution in [3.63, 3.8) is 0 Å². The third-order valence-corrected chi connectivity index (χ3v) is 3.21. The zero-order valence-electron chi connectivity index (χ0n) is 12.2. The Hall–Kier alpha value is -1.72. The number of hydrogen-bond acceptors (Lipinski definition) is 5. The second kappa shape index (κ2) is 6.37. The van der Waals surface area contributed by atoms with Crippen molar-refractivity contribution in [1.82, 2.24) is 0 Å². The molecule has 0 saturated carbocycles. The maximum absolute atomic E-state index is 12.2. The van der Waals surface area contributed by atoms with Gasteiger partial charge >= 0.3 is 5.63 Å². The highest BCUT2D eigenvalue weighted by molar-refractivity contribution is 6.31. The van der Waals surface area contributed by atoms with Crippen LogP contribution in [0.3, 0.4) is 0 Å². The molecule has 1 aromatic carbocycles. The summed E-state index contributed by atoms with van der Waals surface area (Å²) in [5.74, 6) is 0.135. The normalized spacial score (nSPS) is 11.1. The molecule has 2 aromatic rings. The number of aliphatic hydroxyl groups is 1. The van der Waals surface area contributed by atoms with E-state index in [1.54, 1.807) is 30.1 Å². The molecule has 5 nitrogen and oxygen atoms in total.